The van der Waals surface area contributed by atoms with Crippen LogP contribution in [0.3, 0.4) is 0 Å². The minimum atomic E-state index is -0.300. The monoisotopic (exact) mass is 229 g/mol. The molecule has 0 bridgehead atoms. The van der Waals surface area contributed by atoms with Crippen molar-refractivity contribution < 1.29 is 4.79 Å². The maximum Gasteiger partial charge on any atom is 0.318 e. The highest BCUT2D eigenvalue weighted by molar-refractivity contribution is 5.75. The summed E-state index contributed by atoms with van der Waals surface area (Å²) in [6.45, 7) is 13.2. The summed E-state index contributed by atoms with van der Waals surface area (Å²) >= 11 is 0. The third-order valence-corrected chi connectivity index (χ3v) is 2.40. The van der Waals surface area contributed by atoms with Gasteiger partial charge < -0.3 is 16.0 Å². The quantitative estimate of drug-likeness (QED) is 0.774. The molecule has 0 aromatic carbocycles. The van der Waals surface area contributed by atoms with Crippen molar-refractivity contribution in [3.63, 3.8) is 0 Å². The zero-order chi connectivity index (χ0) is 13.0. The molecule has 0 saturated carbocycles. The van der Waals surface area contributed by atoms with Gasteiger partial charge in [0.2, 0.25) is 0 Å². The maximum absolute atomic E-state index is 12.1. The first kappa shape index (κ1) is 15.2. The van der Waals surface area contributed by atoms with Crippen molar-refractivity contribution in [2.75, 3.05) is 13.1 Å². The number of hydrogen-bond donors (Lipinski definition) is 2. The molecule has 0 aliphatic rings. The van der Waals surface area contributed by atoms with Crippen LogP contribution in [-0.2, 0) is 0 Å². The zero-order valence-corrected chi connectivity index (χ0v) is 11.6. The molecule has 16 heavy (non-hydrogen) atoms. The van der Waals surface area contributed by atoms with Gasteiger partial charge in [-0.3, -0.25) is 0 Å². The van der Waals surface area contributed by atoms with Crippen LogP contribution in [0, 0.1) is 0 Å². The van der Waals surface area contributed by atoms with E-state index in [-0.39, 0.29) is 17.1 Å². The van der Waals surface area contributed by atoms with E-state index in [0.29, 0.717) is 6.54 Å². The van der Waals surface area contributed by atoms with Crippen molar-refractivity contribution in [1.82, 2.24) is 10.2 Å². The van der Waals surface area contributed by atoms with Gasteiger partial charge in [0.1, 0.15) is 0 Å². The van der Waals surface area contributed by atoms with E-state index in [1.54, 1.807) is 0 Å². The minimum absolute atomic E-state index is 0.0372. The van der Waals surface area contributed by atoms with Crippen LogP contribution in [0.25, 0.3) is 0 Å². The topological polar surface area (TPSA) is 58.4 Å². The number of rotatable bonds is 4. The van der Waals surface area contributed by atoms with E-state index in [2.05, 4.69) is 12.2 Å². The Morgan fingerprint density at radius 1 is 1.25 bits per heavy atom. The largest absolute Gasteiger partial charge is 0.333 e. The highest BCUT2D eigenvalue weighted by atomic mass is 16.2. The summed E-state index contributed by atoms with van der Waals surface area (Å²) in [4.78, 5) is 13.9. The van der Waals surface area contributed by atoms with Gasteiger partial charge in [-0.1, -0.05) is 6.92 Å². The van der Waals surface area contributed by atoms with Crippen LogP contribution in [-0.4, -0.2) is 35.1 Å². The molecular weight excluding hydrogens is 202 g/mol. The van der Waals surface area contributed by atoms with E-state index in [9.17, 15) is 4.79 Å². The summed E-state index contributed by atoms with van der Waals surface area (Å²) in [5.74, 6) is 0. The SMILES string of the molecule is CCCN(C(=O)NC(C)(C)C)C(C)(C)CN. The van der Waals surface area contributed by atoms with E-state index in [1.807, 2.05) is 39.5 Å². The van der Waals surface area contributed by atoms with Gasteiger partial charge in [-0.05, 0) is 41.0 Å². The van der Waals surface area contributed by atoms with Crippen molar-refractivity contribution in [2.45, 2.75) is 59.0 Å². The second kappa shape index (κ2) is 5.53. The summed E-state index contributed by atoms with van der Waals surface area (Å²) in [6.07, 6.45) is 0.932. The Kier molecular flexibility index (Phi) is 5.26. The fourth-order valence-corrected chi connectivity index (χ4v) is 1.40. The molecule has 4 nitrogen and oxygen atoms in total. The van der Waals surface area contributed by atoms with E-state index in [1.165, 1.54) is 0 Å². The highest BCUT2D eigenvalue weighted by Gasteiger charge is 2.30. The third-order valence-electron chi connectivity index (χ3n) is 2.40. The van der Waals surface area contributed by atoms with E-state index >= 15 is 0 Å². The first-order chi connectivity index (χ1) is 7.14. The number of carbonyl (C=O) groups excluding carboxylic acids is 1. The van der Waals surface area contributed by atoms with Crippen LogP contribution in [0.15, 0.2) is 0 Å². The number of nitrogens with two attached hydrogens (primary N) is 1. The van der Waals surface area contributed by atoms with Crippen molar-refractivity contribution in [3.05, 3.63) is 0 Å². The molecule has 0 fully saturated rings. The lowest BCUT2D eigenvalue weighted by atomic mass is 10.0. The van der Waals surface area contributed by atoms with Crippen molar-refractivity contribution in [2.24, 2.45) is 5.73 Å². The summed E-state index contributed by atoms with van der Waals surface area (Å²) in [5.41, 5.74) is 5.20. The number of amides is 2. The first-order valence-corrected chi connectivity index (χ1v) is 5.94. The van der Waals surface area contributed by atoms with E-state index in [4.69, 9.17) is 5.73 Å². The molecule has 0 saturated heterocycles. The van der Waals surface area contributed by atoms with E-state index < -0.39 is 0 Å². The maximum atomic E-state index is 12.1. The van der Waals surface area contributed by atoms with Crippen molar-refractivity contribution in [3.8, 4) is 0 Å². The normalized spacial score (nSPS) is 12.4. The lowest BCUT2D eigenvalue weighted by Gasteiger charge is -2.39. The van der Waals surface area contributed by atoms with Crippen LogP contribution in [0.4, 0.5) is 4.79 Å². The molecule has 0 aromatic heterocycles. The summed E-state index contributed by atoms with van der Waals surface area (Å²) in [7, 11) is 0. The summed E-state index contributed by atoms with van der Waals surface area (Å²) in [5, 5.41) is 2.98. The molecule has 0 spiro atoms. The first-order valence-electron chi connectivity index (χ1n) is 5.94. The summed E-state index contributed by atoms with van der Waals surface area (Å²) < 4.78 is 0. The molecule has 0 atom stereocenters. The molecule has 2 amide bonds. The average Bonchev–Trinajstić information content (AvgIpc) is 2.10. The molecule has 0 heterocycles. The molecule has 0 radical (unpaired) electrons. The Hall–Kier alpha value is -0.770. The predicted molar refractivity (Wildman–Crippen MR) is 68.4 cm³/mol. The lowest BCUT2D eigenvalue weighted by Crippen LogP contribution is -2.58. The van der Waals surface area contributed by atoms with Gasteiger partial charge in [-0.2, -0.15) is 0 Å². The highest BCUT2D eigenvalue weighted by Crippen LogP contribution is 2.14. The zero-order valence-electron chi connectivity index (χ0n) is 11.6. The molecule has 0 unspecified atom stereocenters. The molecule has 0 rings (SSSR count). The Morgan fingerprint density at radius 3 is 2.06 bits per heavy atom. The minimum Gasteiger partial charge on any atom is -0.333 e. The molecule has 0 aliphatic carbocycles. The van der Waals surface area contributed by atoms with Gasteiger partial charge in [0.05, 0.1) is 5.54 Å². The van der Waals surface area contributed by atoms with Gasteiger partial charge in [-0.15, -0.1) is 0 Å². The molecule has 3 N–H and O–H groups in total. The van der Waals surface area contributed by atoms with Crippen LogP contribution < -0.4 is 11.1 Å². The van der Waals surface area contributed by atoms with Gasteiger partial charge in [0.15, 0.2) is 0 Å². The Morgan fingerprint density at radius 2 is 1.75 bits per heavy atom. The van der Waals surface area contributed by atoms with Crippen LogP contribution in [0.2, 0.25) is 0 Å². The number of nitrogens with one attached hydrogen (secondary N) is 1. The predicted octanol–water partition coefficient (Wildman–Crippen LogP) is 1.94. The second-order valence-electron chi connectivity index (χ2n) is 5.85. The Bertz CT molecular complexity index is 231. The van der Waals surface area contributed by atoms with Crippen molar-refractivity contribution >= 4 is 6.03 Å². The molecule has 0 aromatic rings. The number of nitrogens with zero attached hydrogens (tertiary/aromatic N) is 1. The Labute approximate surface area is 99.6 Å². The number of carbonyl (C=O) groups is 1. The van der Waals surface area contributed by atoms with Crippen LogP contribution in [0.5, 0.6) is 0 Å². The fraction of sp³-hybridized carbons (Fsp3) is 0.917. The third kappa shape index (κ3) is 4.84. The standard InChI is InChI=1S/C12H27N3O/c1-7-8-15(12(5,6)9-13)10(16)14-11(2,3)4/h7-9,13H2,1-6H3,(H,14,16). The van der Waals surface area contributed by atoms with Gasteiger partial charge in [-0.25, -0.2) is 4.79 Å². The van der Waals surface area contributed by atoms with Crippen LogP contribution >= 0.6 is 0 Å². The number of urea groups is 1. The fourth-order valence-electron chi connectivity index (χ4n) is 1.40. The van der Waals surface area contributed by atoms with Gasteiger partial charge in [0, 0.05) is 18.6 Å². The van der Waals surface area contributed by atoms with Gasteiger partial charge >= 0.3 is 6.03 Å². The van der Waals surface area contributed by atoms with Gasteiger partial charge in [0.25, 0.3) is 0 Å². The second-order valence-corrected chi connectivity index (χ2v) is 5.85. The molecular formula is C12H27N3O. The molecule has 4 heteroatoms. The summed E-state index contributed by atoms with van der Waals surface area (Å²) in [6, 6.07) is -0.0372. The Balaban J connectivity index is 4.73. The lowest BCUT2D eigenvalue weighted by molar-refractivity contribution is 0.132. The number of hydrogen-bond acceptors (Lipinski definition) is 2. The molecule has 0 aliphatic heterocycles. The van der Waals surface area contributed by atoms with Crippen LogP contribution in [0.1, 0.15) is 48.0 Å². The van der Waals surface area contributed by atoms with Crippen molar-refractivity contribution in [1.29, 1.82) is 0 Å². The molecule has 96 valence electrons. The smallest absolute Gasteiger partial charge is 0.318 e. The van der Waals surface area contributed by atoms with E-state index in [0.717, 1.165) is 13.0 Å². The average molecular weight is 229 g/mol.